The van der Waals surface area contributed by atoms with Gasteiger partial charge < -0.3 is 50.0 Å². The molecule has 0 bridgehead atoms. The standard InChI is InChI=1S/C31H35NO10/c1-40-24-13-19-16(12-23(24)36)8-9-32-20(19)11-17-4-7-22(35)30(26(17)21(32)10-15-2-5-18(34)6-3-15)42-31-29(39)28(38)27(37)25(14-33)41-31/h2-7,12-13,20-21,25,27-29,31,33-39H,8-11,14H2,1H3. The minimum atomic E-state index is -1.65. The van der Waals surface area contributed by atoms with E-state index in [1.165, 1.54) is 13.2 Å². The second-order valence-electron chi connectivity index (χ2n) is 11.1. The van der Waals surface area contributed by atoms with E-state index < -0.39 is 37.3 Å². The molecule has 1 saturated heterocycles. The zero-order chi connectivity index (χ0) is 29.7. The van der Waals surface area contributed by atoms with Gasteiger partial charge in [-0.05, 0) is 71.8 Å². The molecule has 0 amide bonds. The van der Waals surface area contributed by atoms with Gasteiger partial charge in [-0.2, -0.15) is 0 Å². The SMILES string of the molecule is COc1cc2c(cc1O)CCN1C2Cc2ccc(O)c(OC3OC(CO)C(O)C(O)C3O)c2C1Cc1ccc(O)cc1. The Morgan fingerprint density at radius 3 is 2.38 bits per heavy atom. The number of aromatic hydroxyl groups is 3. The van der Waals surface area contributed by atoms with Gasteiger partial charge in [0, 0.05) is 24.2 Å². The van der Waals surface area contributed by atoms with Gasteiger partial charge in [0.1, 0.15) is 30.2 Å². The van der Waals surface area contributed by atoms with Crippen LogP contribution in [0.4, 0.5) is 0 Å². The summed E-state index contributed by atoms with van der Waals surface area (Å²) in [5, 5.41) is 72.3. The van der Waals surface area contributed by atoms with E-state index in [0.717, 1.165) is 22.3 Å². The quantitative estimate of drug-likeness (QED) is 0.225. The fourth-order valence-electron chi connectivity index (χ4n) is 6.53. The van der Waals surface area contributed by atoms with Crippen LogP contribution in [0.1, 0.15) is 39.9 Å². The van der Waals surface area contributed by atoms with Crippen molar-refractivity contribution < 1.29 is 50.0 Å². The highest BCUT2D eigenvalue weighted by molar-refractivity contribution is 5.56. The first-order chi connectivity index (χ1) is 20.2. The van der Waals surface area contributed by atoms with E-state index in [-0.39, 0.29) is 35.1 Å². The third-order valence-electron chi connectivity index (χ3n) is 8.70. The van der Waals surface area contributed by atoms with Crippen LogP contribution in [0.15, 0.2) is 48.5 Å². The van der Waals surface area contributed by atoms with Gasteiger partial charge >= 0.3 is 0 Å². The molecule has 3 aromatic rings. The first-order valence-corrected chi connectivity index (χ1v) is 14.0. The van der Waals surface area contributed by atoms with Crippen LogP contribution in [0, 0.1) is 0 Å². The molecule has 7 unspecified atom stereocenters. The molecule has 3 aromatic carbocycles. The first kappa shape index (κ1) is 28.5. The molecule has 3 aliphatic heterocycles. The molecule has 3 aliphatic rings. The zero-order valence-electron chi connectivity index (χ0n) is 23.0. The van der Waals surface area contributed by atoms with Gasteiger partial charge in [0.2, 0.25) is 6.29 Å². The van der Waals surface area contributed by atoms with Gasteiger partial charge in [-0.3, -0.25) is 4.90 Å². The van der Waals surface area contributed by atoms with Crippen molar-refractivity contribution in [3.05, 3.63) is 76.3 Å². The third kappa shape index (κ3) is 4.91. The molecule has 0 aromatic heterocycles. The molecule has 0 aliphatic carbocycles. The van der Waals surface area contributed by atoms with Crippen LogP contribution >= 0.6 is 0 Å². The Kier molecular flexibility index (Phi) is 7.64. The average molecular weight is 582 g/mol. The molecule has 0 spiro atoms. The second kappa shape index (κ2) is 11.3. The normalized spacial score (nSPS) is 28.8. The highest BCUT2D eigenvalue weighted by atomic mass is 16.7. The van der Waals surface area contributed by atoms with Crippen molar-refractivity contribution in [2.24, 2.45) is 0 Å². The summed E-state index contributed by atoms with van der Waals surface area (Å²) in [6.45, 7) is 0.0296. The van der Waals surface area contributed by atoms with Crippen LogP contribution < -0.4 is 9.47 Å². The minimum Gasteiger partial charge on any atom is -0.508 e. The summed E-state index contributed by atoms with van der Waals surface area (Å²) >= 11 is 0. The lowest BCUT2D eigenvalue weighted by Crippen LogP contribution is -2.60. The molecule has 6 rings (SSSR count). The van der Waals surface area contributed by atoms with E-state index in [1.807, 2.05) is 24.3 Å². The predicted octanol–water partition coefficient (Wildman–Crippen LogP) is 1.43. The van der Waals surface area contributed by atoms with Crippen molar-refractivity contribution >= 4 is 0 Å². The highest BCUT2D eigenvalue weighted by Crippen LogP contribution is 2.51. The number of nitrogens with zero attached hydrogens (tertiary/aromatic N) is 1. The average Bonchev–Trinajstić information content (AvgIpc) is 2.99. The largest absolute Gasteiger partial charge is 0.508 e. The number of fused-ring (bicyclic) bond motifs is 4. The molecule has 11 nitrogen and oxygen atoms in total. The van der Waals surface area contributed by atoms with Crippen LogP contribution in [0.5, 0.6) is 28.7 Å². The van der Waals surface area contributed by atoms with Crippen LogP contribution in [0.2, 0.25) is 0 Å². The van der Waals surface area contributed by atoms with Crippen molar-refractivity contribution in [3.8, 4) is 28.7 Å². The van der Waals surface area contributed by atoms with E-state index in [1.54, 1.807) is 18.2 Å². The molecule has 224 valence electrons. The molecule has 3 heterocycles. The fraction of sp³-hybridized carbons (Fsp3) is 0.419. The van der Waals surface area contributed by atoms with Crippen molar-refractivity contribution in [1.82, 2.24) is 4.90 Å². The summed E-state index contributed by atoms with van der Waals surface area (Å²) in [5.41, 5.74) is 4.56. The molecular weight excluding hydrogens is 546 g/mol. The molecule has 1 fully saturated rings. The Hall–Kier alpha value is -3.58. The van der Waals surface area contributed by atoms with Gasteiger partial charge in [0.05, 0.1) is 13.7 Å². The lowest BCUT2D eigenvalue weighted by molar-refractivity contribution is -0.277. The van der Waals surface area contributed by atoms with Crippen LogP contribution in [-0.2, 0) is 24.0 Å². The number of methoxy groups -OCH3 is 1. The maximum Gasteiger partial charge on any atom is 0.229 e. The number of rotatable bonds is 6. The Morgan fingerprint density at radius 2 is 1.67 bits per heavy atom. The summed E-state index contributed by atoms with van der Waals surface area (Å²) in [5.74, 6) is 0.497. The monoisotopic (exact) mass is 581 g/mol. The van der Waals surface area contributed by atoms with Gasteiger partial charge in [-0.25, -0.2) is 0 Å². The molecule has 0 radical (unpaired) electrons. The van der Waals surface area contributed by atoms with E-state index in [0.29, 0.717) is 37.1 Å². The van der Waals surface area contributed by atoms with E-state index in [4.69, 9.17) is 14.2 Å². The first-order valence-electron chi connectivity index (χ1n) is 14.0. The van der Waals surface area contributed by atoms with E-state index >= 15 is 0 Å². The van der Waals surface area contributed by atoms with Crippen molar-refractivity contribution in [1.29, 1.82) is 0 Å². The van der Waals surface area contributed by atoms with Crippen molar-refractivity contribution in [2.75, 3.05) is 20.3 Å². The highest BCUT2D eigenvalue weighted by Gasteiger charge is 2.46. The Morgan fingerprint density at radius 1 is 0.905 bits per heavy atom. The Balaban J connectivity index is 1.45. The summed E-state index contributed by atoms with van der Waals surface area (Å²) in [6, 6.07) is 13.4. The summed E-state index contributed by atoms with van der Waals surface area (Å²) in [4.78, 5) is 2.31. The summed E-state index contributed by atoms with van der Waals surface area (Å²) in [7, 11) is 1.51. The fourth-order valence-corrected chi connectivity index (χ4v) is 6.53. The molecule has 7 atom stereocenters. The van der Waals surface area contributed by atoms with Gasteiger partial charge in [-0.15, -0.1) is 0 Å². The molecule has 11 heteroatoms. The number of hydrogen-bond donors (Lipinski definition) is 7. The number of ether oxygens (including phenoxy) is 3. The molecule has 0 saturated carbocycles. The number of aliphatic hydroxyl groups excluding tert-OH is 4. The smallest absolute Gasteiger partial charge is 0.229 e. The second-order valence-corrected chi connectivity index (χ2v) is 11.1. The minimum absolute atomic E-state index is 0.0770. The van der Waals surface area contributed by atoms with Crippen LogP contribution in [0.3, 0.4) is 0 Å². The van der Waals surface area contributed by atoms with Gasteiger partial charge in [0.25, 0.3) is 0 Å². The lowest BCUT2D eigenvalue weighted by atomic mass is 9.78. The van der Waals surface area contributed by atoms with Crippen molar-refractivity contribution in [2.45, 2.75) is 62.1 Å². The van der Waals surface area contributed by atoms with Crippen molar-refractivity contribution in [3.63, 3.8) is 0 Å². The number of aliphatic hydroxyl groups is 4. The third-order valence-corrected chi connectivity index (χ3v) is 8.70. The molecule has 7 N–H and O–H groups in total. The summed E-state index contributed by atoms with van der Waals surface area (Å²) < 4.78 is 17.1. The van der Waals surface area contributed by atoms with Crippen LogP contribution in [-0.4, -0.2) is 91.6 Å². The van der Waals surface area contributed by atoms with Gasteiger partial charge in [-0.1, -0.05) is 18.2 Å². The molecule has 42 heavy (non-hydrogen) atoms. The Labute approximate surface area is 242 Å². The number of benzene rings is 3. The zero-order valence-corrected chi connectivity index (χ0v) is 23.0. The number of phenols is 3. The van der Waals surface area contributed by atoms with Crippen LogP contribution in [0.25, 0.3) is 0 Å². The topological polar surface area (TPSA) is 173 Å². The lowest BCUT2D eigenvalue weighted by Gasteiger charge is -2.48. The predicted molar refractivity (Wildman–Crippen MR) is 149 cm³/mol. The maximum atomic E-state index is 11.1. The Bertz CT molecular complexity index is 1440. The van der Waals surface area contributed by atoms with Gasteiger partial charge in [0.15, 0.2) is 23.0 Å². The van der Waals surface area contributed by atoms with E-state index in [9.17, 15) is 35.7 Å². The maximum absolute atomic E-state index is 11.1. The summed E-state index contributed by atoms with van der Waals surface area (Å²) in [6.07, 6.45) is -5.77. The number of hydrogen-bond acceptors (Lipinski definition) is 11. The van der Waals surface area contributed by atoms with E-state index in [2.05, 4.69) is 4.90 Å². The number of phenolic OH excluding ortho intramolecular Hbond substituents is 3. The molecular formula is C31H35NO10.